The highest BCUT2D eigenvalue weighted by Gasteiger charge is 2.32. The van der Waals surface area contributed by atoms with Crippen LogP contribution in [0.15, 0.2) is 42.5 Å². The number of nitrogens with zero attached hydrogens (tertiary/aromatic N) is 1. The zero-order chi connectivity index (χ0) is 25.7. The van der Waals surface area contributed by atoms with Crippen LogP contribution in [0.1, 0.15) is 96.5 Å². The molecule has 196 valence electrons. The molecule has 1 aromatic carbocycles. The van der Waals surface area contributed by atoms with Crippen LogP contribution in [0.3, 0.4) is 0 Å². The highest BCUT2D eigenvalue weighted by atomic mass is 16.3. The first-order valence-electron chi connectivity index (χ1n) is 13.7. The standard InChI is InChI=1S/C30H47NO4/c1-4-5-9-16-26(32)21-19-24-20-22-28(33)27(24)17-12-6-7-13-18-29(34)31(3)23-30(2,35)25-14-10-8-11-15-25/h8,10-11,14-15,19,21,24,26-27,32,35H,4-7,9,12-13,16-18,20,22-23H2,1-3H3. The third-order valence-corrected chi connectivity index (χ3v) is 7.36. The number of unbranched alkanes of at least 4 members (excludes halogenated alkanes) is 5. The van der Waals surface area contributed by atoms with Crippen molar-refractivity contribution in [3.05, 3.63) is 48.0 Å². The van der Waals surface area contributed by atoms with E-state index in [2.05, 4.69) is 13.0 Å². The SMILES string of the molecule is CCCCCC(O)C=CC1CCC(=O)C1CCCCCCC(=O)N(C)CC(C)(O)c1ccccc1. The van der Waals surface area contributed by atoms with Gasteiger partial charge >= 0.3 is 0 Å². The second-order valence-corrected chi connectivity index (χ2v) is 10.6. The molecule has 1 aliphatic rings. The maximum absolute atomic E-state index is 12.5. The largest absolute Gasteiger partial charge is 0.389 e. The zero-order valence-corrected chi connectivity index (χ0v) is 22.1. The molecule has 0 spiro atoms. The first kappa shape index (κ1) is 29.3. The molecule has 0 radical (unpaired) electrons. The van der Waals surface area contributed by atoms with Crippen LogP contribution in [-0.4, -0.2) is 46.5 Å². The summed E-state index contributed by atoms with van der Waals surface area (Å²) in [4.78, 5) is 26.5. The summed E-state index contributed by atoms with van der Waals surface area (Å²) in [6, 6.07) is 9.45. The Morgan fingerprint density at radius 1 is 1.14 bits per heavy atom. The van der Waals surface area contributed by atoms with Crippen molar-refractivity contribution in [1.82, 2.24) is 4.90 Å². The van der Waals surface area contributed by atoms with E-state index < -0.39 is 11.7 Å². The number of Topliss-reactive ketones (excluding diaryl/α,β-unsaturated/α-hetero) is 1. The van der Waals surface area contributed by atoms with Crippen molar-refractivity contribution in [1.29, 1.82) is 0 Å². The molecule has 2 rings (SSSR count). The number of benzene rings is 1. The van der Waals surface area contributed by atoms with Crippen LogP contribution in [-0.2, 0) is 15.2 Å². The second kappa shape index (κ2) is 15.2. The van der Waals surface area contributed by atoms with Crippen molar-refractivity contribution >= 4 is 11.7 Å². The van der Waals surface area contributed by atoms with Gasteiger partial charge < -0.3 is 15.1 Å². The Morgan fingerprint density at radius 3 is 2.57 bits per heavy atom. The summed E-state index contributed by atoms with van der Waals surface area (Å²) < 4.78 is 0. The Morgan fingerprint density at radius 2 is 1.86 bits per heavy atom. The number of aliphatic hydroxyl groups excluding tert-OH is 1. The molecule has 1 fully saturated rings. The lowest BCUT2D eigenvalue weighted by atomic mass is 9.89. The van der Waals surface area contributed by atoms with Crippen molar-refractivity contribution in [2.45, 2.75) is 103 Å². The summed E-state index contributed by atoms with van der Waals surface area (Å²) in [5.41, 5.74) is -0.268. The van der Waals surface area contributed by atoms with Gasteiger partial charge in [-0.3, -0.25) is 9.59 Å². The van der Waals surface area contributed by atoms with Gasteiger partial charge in [0.2, 0.25) is 5.91 Å². The van der Waals surface area contributed by atoms with Crippen LogP contribution < -0.4 is 0 Å². The summed E-state index contributed by atoms with van der Waals surface area (Å²) in [5.74, 6) is 0.760. The van der Waals surface area contributed by atoms with E-state index in [1.54, 1.807) is 18.9 Å². The quantitative estimate of drug-likeness (QED) is 0.230. The summed E-state index contributed by atoms with van der Waals surface area (Å²) in [7, 11) is 1.75. The van der Waals surface area contributed by atoms with Gasteiger partial charge in [0, 0.05) is 25.8 Å². The molecule has 5 heteroatoms. The number of rotatable bonds is 16. The van der Waals surface area contributed by atoms with Crippen molar-refractivity contribution in [2.24, 2.45) is 11.8 Å². The van der Waals surface area contributed by atoms with Gasteiger partial charge in [0.15, 0.2) is 0 Å². The van der Waals surface area contributed by atoms with Crippen LogP contribution in [0.2, 0.25) is 0 Å². The number of likely N-dealkylation sites (N-methyl/N-ethyl adjacent to an activating group) is 1. The van der Waals surface area contributed by atoms with Crippen LogP contribution >= 0.6 is 0 Å². The number of hydrogen-bond donors (Lipinski definition) is 2. The number of carbonyl (C=O) groups is 2. The van der Waals surface area contributed by atoms with E-state index in [0.717, 1.165) is 69.8 Å². The fourth-order valence-electron chi connectivity index (χ4n) is 5.13. The molecule has 1 amide bonds. The molecule has 5 nitrogen and oxygen atoms in total. The predicted octanol–water partition coefficient (Wildman–Crippen LogP) is 5.79. The molecule has 1 saturated carbocycles. The molecule has 0 aliphatic heterocycles. The molecule has 2 N–H and O–H groups in total. The molecular formula is C30H47NO4. The predicted molar refractivity (Wildman–Crippen MR) is 142 cm³/mol. The third-order valence-electron chi connectivity index (χ3n) is 7.36. The molecule has 4 atom stereocenters. The van der Waals surface area contributed by atoms with Gasteiger partial charge in [-0.2, -0.15) is 0 Å². The Bertz CT molecular complexity index is 789. The molecule has 4 unspecified atom stereocenters. The Hall–Kier alpha value is -1.98. The van der Waals surface area contributed by atoms with Crippen LogP contribution in [0.4, 0.5) is 0 Å². The fourth-order valence-corrected chi connectivity index (χ4v) is 5.13. The molecule has 0 saturated heterocycles. The number of carbonyl (C=O) groups excluding carboxylic acids is 2. The first-order valence-corrected chi connectivity index (χ1v) is 13.7. The topological polar surface area (TPSA) is 77.8 Å². The van der Waals surface area contributed by atoms with Crippen LogP contribution in [0.25, 0.3) is 0 Å². The minimum atomic E-state index is -1.07. The number of aliphatic hydroxyl groups is 2. The maximum Gasteiger partial charge on any atom is 0.222 e. The molecule has 0 heterocycles. The van der Waals surface area contributed by atoms with Crippen molar-refractivity contribution in [3.8, 4) is 0 Å². The Kier molecular flexibility index (Phi) is 12.7. The minimum Gasteiger partial charge on any atom is -0.389 e. The molecule has 0 bridgehead atoms. The number of amides is 1. The average Bonchev–Trinajstić information content (AvgIpc) is 3.19. The summed E-state index contributed by atoms with van der Waals surface area (Å²) in [6.45, 7) is 4.17. The summed E-state index contributed by atoms with van der Waals surface area (Å²) >= 11 is 0. The normalized spacial score (nSPS) is 20.8. The van der Waals surface area contributed by atoms with E-state index >= 15 is 0 Å². The van der Waals surface area contributed by atoms with Crippen molar-refractivity contribution in [3.63, 3.8) is 0 Å². The average molecular weight is 486 g/mol. The van der Waals surface area contributed by atoms with Gasteiger partial charge in [-0.05, 0) is 44.1 Å². The van der Waals surface area contributed by atoms with Gasteiger partial charge in [-0.15, -0.1) is 0 Å². The Labute approximate surface area is 212 Å². The molecule has 1 aromatic rings. The van der Waals surface area contributed by atoms with Crippen molar-refractivity contribution in [2.75, 3.05) is 13.6 Å². The van der Waals surface area contributed by atoms with E-state index in [9.17, 15) is 19.8 Å². The third kappa shape index (κ3) is 10.3. The summed E-state index contributed by atoms with van der Waals surface area (Å²) in [6.07, 6.45) is 14.4. The van der Waals surface area contributed by atoms with Gasteiger partial charge in [0.25, 0.3) is 0 Å². The van der Waals surface area contributed by atoms with E-state index in [-0.39, 0.29) is 24.3 Å². The number of ketones is 1. The van der Waals surface area contributed by atoms with E-state index in [1.807, 2.05) is 36.4 Å². The molecule has 35 heavy (non-hydrogen) atoms. The van der Waals surface area contributed by atoms with Gasteiger partial charge in [-0.1, -0.05) is 87.9 Å². The first-order chi connectivity index (χ1) is 16.7. The minimum absolute atomic E-state index is 0.0508. The molecule has 1 aliphatic carbocycles. The van der Waals surface area contributed by atoms with E-state index in [1.165, 1.54) is 0 Å². The smallest absolute Gasteiger partial charge is 0.222 e. The lowest BCUT2D eigenvalue weighted by molar-refractivity contribution is -0.133. The highest BCUT2D eigenvalue weighted by molar-refractivity contribution is 5.83. The monoisotopic (exact) mass is 485 g/mol. The van der Waals surface area contributed by atoms with Gasteiger partial charge in [-0.25, -0.2) is 0 Å². The lowest BCUT2D eigenvalue weighted by Gasteiger charge is -2.29. The number of hydrogen-bond acceptors (Lipinski definition) is 4. The molecular weight excluding hydrogens is 438 g/mol. The number of allylic oxidation sites excluding steroid dienone is 1. The van der Waals surface area contributed by atoms with E-state index in [4.69, 9.17) is 0 Å². The van der Waals surface area contributed by atoms with Gasteiger partial charge in [0.05, 0.1) is 12.6 Å². The van der Waals surface area contributed by atoms with Gasteiger partial charge in [0.1, 0.15) is 11.4 Å². The Balaban J connectivity index is 1.65. The lowest BCUT2D eigenvalue weighted by Crippen LogP contribution is -2.39. The maximum atomic E-state index is 12.5. The molecule has 0 aromatic heterocycles. The van der Waals surface area contributed by atoms with Crippen LogP contribution in [0.5, 0.6) is 0 Å². The fraction of sp³-hybridized carbons (Fsp3) is 0.667. The van der Waals surface area contributed by atoms with Crippen LogP contribution in [0, 0.1) is 11.8 Å². The highest BCUT2D eigenvalue weighted by Crippen LogP contribution is 2.34. The zero-order valence-electron chi connectivity index (χ0n) is 22.1. The second-order valence-electron chi connectivity index (χ2n) is 10.6. The summed E-state index contributed by atoms with van der Waals surface area (Å²) in [5, 5.41) is 20.9. The van der Waals surface area contributed by atoms with Crippen molar-refractivity contribution < 1.29 is 19.8 Å². The van der Waals surface area contributed by atoms with E-state index in [0.29, 0.717) is 18.6 Å².